The van der Waals surface area contributed by atoms with Crippen LogP contribution in [0.3, 0.4) is 0 Å². The molecule has 0 aliphatic heterocycles. The van der Waals surface area contributed by atoms with Gasteiger partial charge in [0.1, 0.15) is 0 Å². The highest BCUT2D eigenvalue weighted by molar-refractivity contribution is 4.78. The maximum atomic E-state index is 6.02. The van der Waals surface area contributed by atoms with Crippen molar-refractivity contribution in [3.8, 4) is 0 Å². The summed E-state index contributed by atoms with van der Waals surface area (Å²) in [6.45, 7) is 16.0. The van der Waals surface area contributed by atoms with Crippen LogP contribution in [0.25, 0.3) is 0 Å². The molecule has 5 atom stereocenters. The lowest BCUT2D eigenvalue weighted by Crippen LogP contribution is -2.35. The molecule has 0 bridgehead atoms. The molecule has 0 aliphatic carbocycles. The first-order valence-corrected chi connectivity index (χ1v) is 10.6. The van der Waals surface area contributed by atoms with E-state index in [1.54, 1.807) is 0 Å². The maximum Gasteiger partial charge on any atom is 0.0781 e. The van der Waals surface area contributed by atoms with E-state index in [2.05, 4.69) is 13.8 Å². The first-order valence-electron chi connectivity index (χ1n) is 10.6. The Labute approximate surface area is 167 Å². The molecular weight excluding hydrogens is 344 g/mol. The Hall–Kier alpha value is -0.240. The van der Waals surface area contributed by atoms with Crippen molar-refractivity contribution in [2.24, 2.45) is 16.9 Å². The highest BCUT2D eigenvalue weighted by Gasteiger charge is 2.29. The molecule has 0 saturated carbocycles. The van der Waals surface area contributed by atoms with E-state index >= 15 is 0 Å². The van der Waals surface area contributed by atoms with Crippen LogP contribution in [0, 0.1) is 5.41 Å². The summed E-state index contributed by atoms with van der Waals surface area (Å²) in [6.07, 6.45) is 4.56. The van der Waals surface area contributed by atoms with Crippen LogP contribution < -0.4 is 11.5 Å². The summed E-state index contributed by atoms with van der Waals surface area (Å²) in [5.74, 6) is 0. The lowest BCUT2D eigenvalue weighted by Gasteiger charge is -2.33. The highest BCUT2D eigenvalue weighted by Crippen LogP contribution is 2.30. The summed E-state index contributed by atoms with van der Waals surface area (Å²) < 4.78 is 23.4. The predicted octanol–water partition coefficient (Wildman–Crippen LogP) is 3.11. The lowest BCUT2D eigenvalue weighted by atomic mass is 9.81. The zero-order chi connectivity index (χ0) is 20.7. The Balaban J connectivity index is 4.40. The van der Waals surface area contributed by atoms with E-state index in [-0.39, 0.29) is 29.7 Å². The fourth-order valence-corrected chi connectivity index (χ4v) is 2.73. The van der Waals surface area contributed by atoms with E-state index in [0.717, 1.165) is 12.8 Å². The molecule has 4 N–H and O–H groups in total. The summed E-state index contributed by atoms with van der Waals surface area (Å²) in [4.78, 5) is 0. The average Bonchev–Trinajstić information content (AvgIpc) is 2.62. The molecule has 0 rings (SSSR count). The van der Waals surface area contributed by atoms with Crippen LogP contribution in [-0.2, 0) is 18.9 Å². The standard InChI is InChI=1S/C21H46N2O4/c1-7-9-10-21(8-2,15-24-13-19(5)26-11-17(3)22)16-25-14-20(6)27-12-18(4)23/h17-20H,7-16,22-23H2,1-6H3/t17?,18?,19-,20?,21?/m0/s1. The van der Waals surface area contributed by atoms with Crippen molar-refractivity contribution in [1.29, 1.82) is 0 Å². The van der Waals surface area contributed by atoms with Crippen LogP contribution in [0.2, 0.25) is 0 Å². The van der Waals surface area contributed by atoms with Crippen LogP contribution in [-0.4, -0.2) is 63.9 Å². The van der Waals surface area contributed by atoms with Gasteiger partial charge in [-0.1, -0.05) is 26.7 Å². The average molecular weight is 391 g/mol. The molecule has 0 radical (unpaired) electrons. The SMILES string of the molecule is CCCCC(CC)(COCC(C)OCC(C)N)COC[C@H](C)OCC(C)N. The Morgan fingerprint density at radius 2 is 1.19 bits per heavy atom. The molecule has 0 aromatic heterocycles. The topological polar surface area (TPSA) is 89.0 Å². The van der Waals surface area contributed by atoms with E-state index in [9.17, 15) is 0 Å². The van der Waals surface area contributed by atoms with Crippen LogP contribution in [0.15, 0.2) is 0 Å². The van der Waals surface area contributed by atoms with Crippen molar-refractivity contribution in [2.75, 3.05) is 39.6 Å². The molecule has 0 spiro atoms. The van der Waals surface area contributed by atoms with Crippen LogP contribution in [0.5, 0.6) is 0 Å². The van der Waals surface area contributed by atoms with Crippen LogP contribution >= 0.6 is 0 Å². The second-order valence-electron chi connectivity index (χ2n) is 8.23. The van der Waals surface area contributed by atoms with Gasteiger partial charge in [0.05, 0.1) is 51.8 Å². The number of hydrogen-bond acceptors (Lipinski definition) is 6. The van der Waals surface area contributed by atoms with Gasteiger partial charge >= 0.3 is 0 Å². The molecule has 4 unspecified atom stereocenters. The maximum absolute atomic E-state index is 6.02. The zero-order valence-corrected chi connectivity index (χ0v) is 18.7. The van der Waals surface area contributed by atoms with Gasteiger partial charge in [-0.3, -0.25) is 0 Å². The molecule has 6 nitrogen and oxygen atoms in total. The summed E-state index contributed by atoms with van der Waals surface area (Å²) in [7, 11) is 0. The number of rotatable bonds is 18. The van der Waals surface area contributed by atoms with Gasteiger partial charge in [-0.05, 0) is 40.5 Å². The van der Waals surface area contributed by atoms with Gasteiger partial charge in [0.2, 0.25) is 0 Å². The molecule has 0 aliphatic rings. The van der Waals surface area contributed by atoms with Gasteiger partial charge in [-0.25, -0.2) is 0 Å². The highest BCUT2D eigenvalue weighted by atomic mass is 16.5. The fourth-order valence-electron chi connectivity index (χ4n) is 2.73. The molecule has 0 aromatic carbocycles. The Bertz CT molecular complexity index is 316. The third-order valence-electron chi connectivity index (χ3n) is 4.62. The molecule has 0 heterocycles. The number of hydrogen-bond donors (Lipinski definition) is 2. The van der Waals surface area contributed by atoms with Gasteiger partial charge in [-0.15, -0.1) is 0 Å². The predicted molar refractivity (Wildman–Crippen MR) is 112 cm³/mol. The quantitative estimate of drug-likeness (QED) is 0.374. The molecule has 0 saturated heterocycles. The van der Waals surface area contributed by atoms with E-state index < -0.39 is 0 Å². The minimum Gasteiger partial charge on any atom is -0.378 e. The van der Waals surface area contributed by atoms with E-state index in [0.29, 0.717) is 39.6 Å². The summed E-state index contributed by atoms with van der Waals surface area (Å²) in [6, 6.07) is 0.0956. The monoisotopic (exact) mass is 390 g/mol. The largest absolute Gasteiger partial charge is 0.378 e. The fraction of sp³-hybridized carbons (Fsp3) is 1.00. The normalized spacial score (nSPS) is 18.7. The Kier molecular flexibility index (Phi) is 15.5. The van der Waals surface area contributed by atoms with Crippen molar-refractivity contribution in [3.63, 3.8) is 0 Å². The number of unbranched alkanes of at least 4 members (excludes halogenated alkanes) is 1. The second kappa shape index (κ2) is 15.7. The first kappa shape index (κ1) is 26.8. The van der Waals surface area contributed by atoms with Crippen molar-refractivity contribution in [2.45, 2.75) is 91.5 Å². The summed E-state index contributed by atoms with van der Waals surface area (Å²) in [5.41, 5.74) is 11.5. The zero-order valence-electron chi connectivity index (χ0n) is 18.7. The van der Waals surface area contributed by atoms with Gasteiger partial charge in [0.25, 0.3) is 0 Å². The van der Waals surface area contributed by atoms with Crippen molar-refractivity contribution < 1.29 is 18.9 Å². The molecule has 6 heteroatoms. The first-order chi connectivity index (χ1) is 12.7. The molecule has 0 aromatic rings. The van der Waals surface area contributed by atoms with Crippen LogP contribution in [0.1, 0.15) is 67.2 Å². The Morgan fingerprint density at radius 3 is 1.52 bits per heavy atom. The number of ether oxygens (including phenoxy) is 4. The summed E-state index contributed by atoms with van der Waals surface area (Å²) >= 11 is 0. The molecular formula is C21H46N2O4. The van der Waals surface area contributed by atoms with Crippen molar-refractivity contribution in [1.82, 2.24) is 0 Å². The molecule has 0 fully saturated rings. The van der Waals surface area contributed by atoms with Gasteiger partial charge in [-0.2, -0.15) is 0 Å². The second-order valence-corrected chi connectivity index (χ2v) is 8.23. The lowest BCUT2D eigenvalue weighted by molar-refractivity contribution is -0.0789. The molecule has 164 valence electrons. The van der Waals surface area contributed by atoms with Crippen molar-refractivity contribution >= 4 is 0 Å². The third-order valence-corrected chi connectivity index (χ3v) is 4.62. The van der Waals surface area contributed by atoms with Gasteiger partial charge in [0, 0.05) is 17.5 Å². The van der Waals surface area contributed by atoms with Gasteiger partial charge < -0.3 is 30.4 Å². The summed E-state index contributed by atoms with van der Waals surface area (Å²) in [5, 5.41) is 0. The minimum atomic E-state index is 0.0395. The molecule has 0 amide bonds. The van der Waals surface area contributed by atoms with E-state index in [1.165, 1.54) is 12.8 Å². The minimum absolute atomic E-state index is 0.0395. The van der Waals surface area contributed by atoms with Gasteiger partial charge in [0.15, 0.2) is 0 Å². The number of nitrogens with two attached hydrogens (primary N) is 2. The van der Waals surface area contributed by atoms with E-state index in [4.69, 9.17) is 30.4 Å². The Morgan fingerprint density at radius 1 is 0.741 bits per heavy atom. The van der Waals surface area contributed by atoms with Crippen molar-refractivity contribution in [3.05, 3.63) is 0 Å². The van der Waals surface area contributed by atoms with Crippen LogP contribution in [0.4, 0.5) is 0 Å². The van der Waals surface area contributed by atoms with E-state index in [1.807, 2.05) is 27.7 Å². The third kappa shape index (κ3) is 14.4. The smallest absolute Gasteiger partial charge is 0.0781 e. The molecule has 27 heavy (non-hydrogen) atoms.